The number of likely N-dealkylation sites (tertiary alicyclic amines) is 1. The molecule has 1 aliphatic rings. The molecule has 0 bridgehead atoms. The highest BCUT2D eigenvalue weighted by molar-refractivity contribution is 7.15. The average molecular weight is 310 g/mol. The highest BCUT2D eigenvalue weighted by Gasteiger charge is 2.14. The highest BCUT2D eigenvalue weighted by atomic mass is 35.5. The molecular weight excluding hydrogens is 294 g/mol. The molecule has 3 rings (SSSR count). The van der Waals surface area contributed by atoms with Crippen LogP contribution in [-0.2, 0) is 4.79 Å². The summed E-state index contributed by atoms with van der Waals surface area (Å²) in [5, 5.41) is 2.39. The molecule has 4 nitrogen and oxygen atoms in total. The number of hydrogen-bond donors (Lipinski definition) is 0. The molecule has 0 unspecified atom stereocenters. The van der Waals surface area contributed by atoms with Gasteiger partial charge in [-0.1, -0.05) is 24.4 Å². The smallest absolute Gasteiger partial charge is 0.246 e. The van der Waals surface area contributed by atoms with Crippen LogP contribution >= 0.6 is 22.9 Å². The van der Waals surface area contributed by atoms with Crippen LogP contribution in [0.2, 0.25) is 5.15 Å². The van der Waals surface area contributed by atoms with Crippen LogP contribution in [-0.4, -0.2) is 33.3 Å². The van der Waals surface area contributed by atoms with Gasteiger partial charge >= 0.3 is 0 Å². The number of imidazole rings is 1. The Labute approximate surface area is 126 Å². The maximum Gasteiger partial charge on any atom is 0.246 e. The van der Waals surface area contributed by atoms with E-state index in [0.29, 0.717) is 5.15 Å². The Morgan fingerprint density at radius 1 is 1.30 bits per heavy atom. The van der Waals surface area contributed by atoms with E-state index in [9.17, 15) is 4.79 Å². The minimum absolute atomic E-state index is 0.0631. The van der Waals surface area contributed by atoms with Crippen molar-refractivity contribution in [1.29, 1.82) is 0 Å². The molecule has 0 aliphatic carbocycles. The molecule has 0 atom stereocenters. The van der Waals surface area contributed by atoms with Gasteiger partial charge in [0.1, 0.15) is 0 Å². The fraction of sp³-hybridized carbons (Fsp3) is 0.429. The predicted molar refractivity (Wildman–Crippen MR) is 82.2 cm³/mol. The van der Waals surface area contributed by atoms with E-state index in [4.69, 9.17) is 11.6 Å². The first kappa shape index (κ1) is 13.6. The third-order valence-corrected chi connectivity index (χ3v) is 4.59. The van der Waals surface area contributed by atoms with Crippen molar-refractivity contribution in [1.82, 2.24) is 14.3 Å². The van der Waals surface area contributed by atoms with Crippen LogP contribution in [0.4, 0.5) is 0 Å². The van der Waals surface area contributed by atoms with Crippen LogP contribution in [0, 0.1) is 0 Å². The summed E-state index contributed by atoms with van der Waals surface area (Å²) in [5.74, 6) is 0.0631. The molecule has 0 radical (unpaired) electrons. The van der Waals surface area contributed by atoms with E-state index in [1.807, 2.05) is 20.9 Å². The van der Waals surface area contributed by atoms with Crippen LogP contribution in [0.25, 0.3) is 11.0 Å². The van der Waals surface area contributed by atoms with Gasteiger partial charge < -0.3 is 4.90 Å². The minimum Gasteiger partial charge on any atom is -0.339 e. The fourth-order valence-corrected chi connectivity index (χ4v) is 3.48. The maximum atomic E-state index is 12.2. The molecule has 2 aromatic heterocycles. The Morgan fingerprint density at radius 3 is 2.80 bits per heavy atom. The van der Waals surface area contributed by atoms with Crippen LogP contribution < -0.4 is 0 Å². The molecule has 1 fully saturated rings. The molecule has 6 heteroatoms. The van der Waals surface area contributed by atoms with Gasteiger partial charge in [-0.05, 0) is 18.9 Å². The topological polar surface area (TPSA) is 37.6 Å². The molecule has 20 heavy (non-hydrogen) atoms. The van der Waals surface area contributed by atoms with Crippen molar-refractivity contribution in [2.75, 3.05) is 13.1 Å². The molecule has 0 saturated carbocycles. The first-order valence-corrected chi connectivity index (χ1v) is 8.09. The summed E-state index contributed by atoms with van der Waals surface area (Å²) in [5.41, 5.74) is 0.770. The second-order valence-corrected chi connectivity index (χ2v) is 6.15. The van der Waals surface area contributed by atoms with Crippen molar-refractivity contribution in [3.63, 3.8) is 0 Å². The summed E-state index contributed by atoms with van der Waals surface area (Å²) in [6.45, 7) is 1.72. The minimum atomic E-state index is 0.0631. The summed E-state index contributed by atoms with van der Waals surface area (Å²) in [6.07, 6.45) is 9.92. The monoisotopic (exact) mass is 309 g/mol. The second kappa shape index (κ2) is 5.97. The Balaban J connectivity index is 1.77. The zero-order valence-electron chi connectivity index (χ0n) is 11.1. The molecule has 0 spiro atoms. The number of thiazole rings is 1. The Morgan fingerprint density at radius 2 is 2.05 bits per heavy atom. The lowest BCUT2D eigenvalue weighted by Crippen LogP contribution is -2.30. The van der Waals surface area contributed by atoms with E-state index in [0.717, 1.165) is 36.6 Å². The Kier molecular flexibility index (Phi) is 4.08. The van der Waals surface area contributed by atoms with E-state index in [-0.39, 0.29) is 5.91 Å². The summed E-state index contributed by atoms with van der Waals surface area (Å²) >= 11 is 7.63. The number of halogens is 1. The van der Waals surface area contributed by atoms with E-state index >= 15 is 0 Å². The summed E-state index contributed by atoms with van der Waals surface area (Å²) < 4.78 is 1.90. The fourth-order valence-electron chi connectivity index (χ4n) is 2.47. The van der Waals surface area contributed by atoms with Crippen LogP contribution in [0.5, 0.6) is 0 Å². The lowest BCUT2D eigenvalue weighted by Gasteiger charge is -2.17. The molecule has 1 amide bonds. The molecule has 1 aliphatic heterocycles. The van der Waals surface area contributed by atoms with Gasteiger partial charge in [0.15, 0.2) is 10.1 Å². The lowest BCUT2D eigenvalue weighted by molar-refractivity contribution is -0.125. The van der Waals surface area contributed by atoms with Gasteiger partial charge in [-0.15, -0.1) is 11.3 Å². The van der Waals surface area contributed by atoms with E-state index < -0.39 is 0 Å². The number of rotatable bonds is 2. The van der Waals surface area contributed by atoms with Crippen molar-refractivity contribution < 1.29 is 4.79 Å². The van der Waals surface area contributed by atoms with E-state index in [1.165, 1.54) is 24.2 Å². The quantitative estimate of drug-likeness (QED) is 0.797. The van der Waals surface area contributed by atoms with Gasteiger partial charge in [-0.25, -0.2) is 4.98 Å². The predicted octanol–water partition coefficient (Wildman–Crippen LogP) is 3.47. The van der Waals surface area contributed by atoms with E-state index in [1.54, 1.807) is 12.2 Å². The van der Waals surface area contributed by atoms with Crippen molar-refractivity contribution in [2.24, 2.45) is 0 Å². The number of aromatic nitrogens is 2. The maximum absolute atomic E-state index is 12.2. The molecule has 0 aromatic carbocycles. The Bertz CT molecular complexity index is 638. The number of fused-ring (bicyclic) bond motifs is 1. The van der Waals surface area contributed by atoms with Gasteiger partial charge in [0.25, 0.3) is 0 Å². The highest BCUT2D eigenvalue weighted by Crippen LogP contribution is 2.22. The number of carbonyl (C=O) groups is 1. The first-order valence-electron chi connectivity index (χ1n) is 6.84. The van der Waals surface area contributed by atoms with Crippen LogP contribution in [0.15, 0.2) is 17.7 Å². The third-order valence-electron chi connectivity index (χ3n) is 3.56. The normalized spacial score (nSPS) is 16.9. The second-order valence-electron chi connectivity index (χ2n) is 4.92. The molecule has 1 saturated heterocycles. The van der Waals surface area contributed by atoms with Crippen molar-refractivity contribution in [2.45, 2.75) is 25.7 Å². The van der Waals surface area contributed by atoms with Crippen LogP contribution in [0.1, 0.15) is 31.4 Å². The summed E-state index contributed by atoms with van der Waals surface area (Å²) in [7, 11) is 0. The zero-order valence-corrected chi connectivity index (χ0v) is 12.7. The Hall–Kier alpha value is -1.33. The van der Waals surface area contributed by atoms with Gasteiger partial charge in [0, 0.05) is 30.7 Å². The van der Waals surface area contributed by atoms with Gasteiger partial charge in [0.05, 0.1) is 5.69 Å². The largest absolute Gasteiger partial charge is 0.339 e. The number of carbonyl (C=O) groups excluding carboxylic acids is 1. The average Bonchev–Trinajstić information content (AvgIpc) is 2.86. The van der Waals surface area contributed by atoms with Crippen molar-refractivity contribution in [3.8, 4) is 0 Å². The number of hydrogen-bond acceptors (Lipinski definition) is 3. The molecule has 106 valence electrons. The van der Waals surface area contributed by atoms with Gasteiger partial charge in [0.2, 0.25) is 5.91 Å². The molecule has 0 N–H and O–H groups in total. The first-order chi connectivity index (χ1) is 9.75. The van der Waals surface area contributed by atoms with Crippen LogP contribution in [0.3, 0.4) is 0 Å². The zero-order chi connectivity index (χ0) is 13.9. The standard InChI is InChI=1S/C14H16ClN3OS/c15-13-11(18-9-10-20-14(18)16-13)5-6-12(19)17-7-3-1-2-4-8-17/h5-6,9-10H,1-4,7-8H2/b6-5+. The SMILES string of the molecule is O=C(/C=C/c1c(Cl)nc2sccn12)N1CCCCCC1. The van der Waals surface area contributed by atoms with Crippen molar-refractivity contribution >= 4 is 39.9 Å². The third kappa shape index (κ3) is 2.74. The summed E-state index contributed by atoms with van der Waals surface area (Å²) in [4.78, 5) is 19.2. The van der Waals surface area contributed by atoms with E-state index in [2.05, 4.69) is 4.98 Å². The molecule has 3 heterocycles. The van der Waals surface area contributed by atoms with Gasteiger partial charge in [-0.3, -0.25) is 9.20 Å². The molecule has 2 aromatic rings. The lowest BCUT2D eigenvalue weighted by atomic mass is 10.2. The summed E-state index contributed by atoms with van der Waals surface area (Å²) in [6, 6.07) is 0. The number of nitrogens with zero attached hydrogens (tertiary/aromatic N) is 3. The van der Waals surface area contributed by atoms with Gasteiger partial charge in [-0.2, -0.15) is 0 Å². The number of amides is 1. The van der Waals surface area contributed by atoms with Crippen molar-refractivity contribution in [3.05, 3.63) is 28.5 Å². The molecular formula is C14H16ClN3OS.